The molecule has 1 amide bonds. The average molecular weight is 485 g/mol. The second-order valence-corrected chi connectivity index (χ2v) is 8.62. The number of nitrogens with zero attached hydrogens (tertiary/aromatic N) is 3. The van der Waals surface area contributed by atoms with Crippen molar-refractivity contribution in [2.75, 3.05) is 34.3 Å². The lowest BCUT2D eigenvalue weighted by molar-refractivity contribution is -0.384. The van der Waals surface area contributed by atoms with Crippen LogP contribution in [0.5, 0.6) is 0 Å². The lowest BCUT2D eigenvalue weighted by Gasteiger charge is -2.26. The van der Waals surface area contributed by atoms with Crippen LogP contribution in [-0.4, -0.2) is 76.8 Å². The van der Waals surface area contributed by atoms with Crippen molar-refractivity contribution < 1.29 is 29.2 Å². The summed E-state index contributed by atoms with van der Waals surface area (Å²) < 4.78 is 4.77. The molecule has 1 atom stereocenters. The Morgan fingerprint density at radius 1 is 1.29 bits per heavy atom. The maximum Gasteiger partial charge on any atom is 0.354 e. The first-order chi connectivity index (χ1) is 16.5. The number of aromatic amines is 1. The summed E-state index contributed by atoms with van der Waals surface area (Å²) in [5.41, 5.74) is 0.986. The molecule has 11 heteroatoms. The number of hydrogen-bond acceptors (Lipinski definition) is 8. The summed E-state index contributed by atoms with van der Waals surface area (Å²) >= 11 is 0. The Labute approximate surface area is 202 Å². The molecule has 0 bridgehead atoms. The van der Waals surface area contributed by atoms with Crippen molar-refractivity contribution in [1.29, 1.82) is 0 Å². The molecule has 186 valence electrons. The molecule has 0 unspecified atom stereocenters. The molecule has 1 aliphatic heterocycles. The molecule has 1 aliphatic rings. The molecule has 0 radical (unpaired) electrons. The Hall–Kier alpha value is -3.99. The van der Waals surface area contributed by atoms with E-state index in [1.807, 2.05) is 19.0 Å². The molecule has 0 saturated carbocycles. The van der Waals surface area contributed by atoms with E-state index in [1.165, 1.54) is 30.2 Å². The number of rotatable bonds is 8. The molecule has 2 aromatic rings. The molecular formula is C24H28N4O7. The third-order valence-corrected chi connectivity index (χ3v) is 6.00. The molecule has 35 heavy (non-hydrogen) atoms. The number of aryl methyl sites for hydroxylation is 1. The summed E-state index contributed by atoms with van der Waals surface area (Å²) in [5.74, 6) is -2.82. The molecule has 1 saturated heterocycles. The molecular weight excluding hydrogens is 456 g/mol. The van der Waals surface area contributed by atoms with Crippen LogP contribution in [0.15, 0.2) is 29.8 Å². The number of non-ortho nitro benzene ring substituents is 1. The zero-order valence-electron chi connectivity index (χ0n) is 20.2. The minimum atomic E-state index is -1.03. The van der Waals surface area contributed by atoms with Gasteiger partial charge in [0.25, 0.3) is 17.4 Å². The van der Waals surface area contributed by atoms with Gasteiger partial charge in [-0.05, 0) is 52.0 Å². The first-order valence-electron chi connectivity index (χ1n) is 10.9. The van der Waals surface area contributed by atoms with Crippen molar-refractivity contribution >= 4 is 29.1 Å². The second kappa shape index (κ2) is 10.1. The van der Waals surface area contributed by atoms with E-state index in [2.05, 4.69) is 4.98 Å². The SMILES string of the molecule is COC(=O)c1[nH]c(C)c(C(O)=C2C(=O)C(=O)N(CCCN(C)C)[C@H]2c2cccc([N+](=O)[O-])c2)c1C. The predicted octanol–water partition coefficient (Wildman–Crippen LogP) is 2.70. The van der Waals surface area contributed by atoms with Crippen LogP contribution in [0.2, 0.25) is 0 Å². The number of likely N-dealkylation sites (tertiary alicyclic amines) is 1. The Kier molecular flexibility index (Phi) is 7.39. The van der Waals surface area contributed by atoms with Gasteiger partial charge in [-0.3, -0.25) is 19.7 Å². The minimum absolute atomic E-state index is 0.110. The predicted molar refractivity (Wildman–Crippen MR) is 127 cm³/mol. The summed E-state index contributed by atoms with van der Waals surface area (Å²) in [5, 5.41) is 22.7. The topological polar surface area (TPSA) is 146 Å². The number of nitro groups is 1. The normalized spacial score (nSPS) is 17.3. The highest BCUT2D eigenvalue weighted by Crippen LogP contribution is 2.41. The average Bonchev–Trinajstić information content (AvgIpc) is 3.25. The number of nitrogens with one attached hydrogen (secondary N) is 1. The lowest BCUT2D eigenvalue weighted by Crippen LogP contribution is -2.32. The van der Waals surface area contributed by atoms with Crippen LogP contribution in [0.25, 0.3) is 5.76 Å². The molecule has 11 nitrogen and oxygen atoms in total. The monoisotopic (exact) mass is 484 g/mol. The summed E-state index contributed by atoms with van der Waals surface area (Å²) in [6.07, 6.45) is 0.542. The Morgan fingerprint density at radius 2 is 1.97 bits per heavy atom. The van der Waals surface area contributed by atoms with Crippen molar-refractivity contribution in [3.8, 4) is 0 Å². The smallest absolute Gasteiger partial charge is 0.354 e. The fourth-order valence-corrected chi connectivity index (χ4v) is 4.37. The lowest BCUT2D eigenvalue weighted by atomic mass is 9.93. The molecule has 3 rings (SSSR count). The number of carbonyl (C=O) groups excluding carboxylic acids is 3. The van der Waals surface area contributed by atoms with Gasteiger partial charge in [0.1, 0.15) is 11.5 Å². The fourth-order valence-electron chi connectivity index (χ4n) is 4.37. The van der Waals surface area contributed by atoms with Crippen molar-refractivity contribution in [3.05, 3.63) is 68.0 Å². The minimum Gasteiger partial charge on any atom is -0.507 e. The van der Waals surface area contributed by atoms with Gasteiger partial charge in [-0.1, -0.05) is 12.1 Å². The van der Waals surface area contributed by atoms with E-state index >= 15 is 0 Å². The number of nitro benzene ring substituents is 1. The third kappa shape index (κ3) is 4.80. The van der Waals surface area contributed by atoms with Crippen molar-refractivity contribution in [3.63, 3.8) is 0 Å². The largest absolute Gasteiger partial charge is 0.507 e. The number of benzene rings is 1. The number of aromatic nitrogens is 1. The number of ketones is 1. The van der Waals surface area contributed by atoms with Crippen LogP contribution in [0.3, 0.4) is 0 Å². The number of aliphatic hydroxyl groups excluding tert-OH is 1. The van der Waals surface area contributed by atoms with Crippen LogP contribution in [0.1, 0.15) is 45.3 Å². The first kappa shape index (κ1) is 25.6. The zero-order valence-corrected chi connectivity index (χ0v) is 20.2. The van der Waals surface area contributed by atoms with Crippen molar-refractivity contribution in [1.82, 2.24) is 14.8 Å². The maximum absolute atomic E-state index is 13.2. The number of carbonyl (C=O) groups is 3. The number of amides is 1. The van der Waals surface area contributed by atoms with Gasteiger partial charge in [0, 0.05) is 29.9 Å². The number of H-pyrrole nitrogens is 1. The van der Waals surface area contributed by atoms with Gasteiger partial charge in [-0.25, -0.2) is 4.79 Å². The van der Waals surface area contributed by atoms with Gasteiger partial charge in [0.15, 0.2) is 0 Å². The zero-order chi connectivity index (χ0) is 26.0. The Bertz CT molecular complexity index is 1230. The summed E-state index contributed by atoms with van der Waals surface area (Å²) in [7, 11) is 4.98. The van der Waals surface area contributed by atoms with Crippen LogP contribution < -0.4 is 0 Å². The summed E-state index contributed by atoms with van der Waals surface area (Å²) in [4.78, 5) is 55.3. The number of ether oxygens (including phenoxy) is 1. The molecule has 2 N–H and O–H groups in total. The van der Waals surface area contributed by atoms with Crippen molar-refractivity contribution in [2.24, 2.45) is 0 Å². The molecule has 1 aromatic heterocycles. The van der Waals surface area contributed by atoms with E-state index in [-0.39, 0.29) is 29.1 Å². The summed E-state index contributed by atoms with van der Waals surface area (Å²) in [6, 6.07) is 4.61. The quantitative estimate of drug-likeness (QED) is 0.145. The highest BCUT2D eigenvalue weighted by Gasteiger charge is 2.46. The van der Waals surface area contributed by atoms with E-state index in [0.717, 1.165) is 0 Å². The number of methoxy groups -OCH3 is 1. The molecule has 1 aromatic carbocycles. The van der Waals surface area contributed by atoms with E-state index in [4.69, 9.17) is 4.74 Å². The van der Waals surface area contributed by atoms with E-state index in [1.54, 1.807) is 19.9 Å². The maximum atomic E-state index is 13.2. The Balaban J connectivity index is 2.22. The number of Topliss-reactive ketones (excluding diaryl/α,β-unsaturated/α-hetero) is 1. The number of aliphatic hydroxyl groups is 1. The van der Waals surface area contributed by atoms with Gasteiger partial charge < -0.3 is 24.6 Å². The van der Waals surface area contributed by atoms with Gasteiger partial charge in [-0.15, -0.1) is 0 Å². The van der Waals surface area contributed by atoms with Gasteiger partial charge in [-0.2, -0.15) is 0 Å². The highest BCUT2D eigenvalue weighted by molar-refractivity contribution is 6.46. The van der Waals surface area contributed by atoms with Crippen LogP contribution in [-0.2, 0) is 14.3 Å². The van der Waals surface area contributed by atoms with Gasteiger partial charge >= 0.3 is 5.97 Å². The molecule has 2 heterocycles. The standard InChI is InChI=1S/C24H28N4O7/c1-13-17(14(2)25-19(13)24(32)35-5)21(29)18-20(15-8-6-9-16(12-15)28(33)34)27(23(31)22(18)30)11-7-10-26(3)4/h6,8-9,12,20,25,29H,7,10-11H2,1-5H3/t20-/m0/s1. The second-order valence-electron chi connectivity index (χ2n) is 8.62. The number of hydrogen-bond donors (Lipinski definition) is 2. The van der Waals surface area contributed by atoms with Crippen LogP contribution in [0, 0.1) is 24.0 Å². The molecule has 1 fully saturated rings. The molecule has 0 spiro atoms. The Morgan fingerprint density at radius 3 is 2.57 bits per heavy atom. The van der Waals surface area contributed by atoms with Crippen LogP contribution >= 0.6 is 0 Å². The third-order valence-electron chi connectivity index (χ3n) is 6.00. The molecule has 0 aliphatic carbocycles. The number of esters is 1. The van der Waals surface area contributed by atoms with Crippen LogP contribution in [0.4, 0.5) is 5.69 Å². The fraction of sp³-hybridized carbons (Fsp3) is 0.375. The van der Waals surface area contributed by atoms with Crippen molar-refractivity contribution in [2.45, 2.75) is 26.3 Å². The highest BCUT2D eigenvalue weighted by atomic mass is 16.6. The van der Waals surface area contributed by atoms with E-state index in [9.17, 15) is 29.6 Å². The summed E-state index contributed by atoms with van der Waals surface area (Å²) in [6.45, 7) is 4.04. The van der Waals surface area contributed by atoms with Gasteiger partial charge in [0.2, 0.25) is 0 Å². The first-order valence-corrected chi connectivity index (χ1v) is 10.9. The van der Waals surface area contributed by atoms with E-state index in [0.29, 0.717) is 29.8 Å². The van der Waals surface area contributed by atoms with E-state index < -0.39 is 34.4 Å². The van der Waals surface area contributed by atoms with Gasteiger partial charge in [0.05, 0.1) is 23.6 Å².